The van der Waals surface area contributed by atoms with Crippen LogP contribution in [0.4, 0.5) is 18.3 Å². The average molecular weight is 295 g/mol. The number of hydrogen-bond donors (Lipinski definition) is 1. The number of methoxy groups -OCH3 is 1. The summed E-state index contributed by atoms with van der Waals surface area (Å²) in [5.74, 6) is -0.477. The van der Waals surface area contributed by atoms with Crippen molar-refractivity contribution in [2.24, 2.45) is 5.92 Å². The fraction of sp³-hybridized carbons (Fsp3) is 0.700. The zero-order valence-electron chi connectivity index (χ0n) is 10.0. The first kappa shape index (κ1) is 14.0. The molecule has 1 aromatic rings. The molecule has 0 bridgehead atoms. The normalized spacial score (nSPS) is 23.4. The molecule has 2 atom stereocenters. The van der Waals surface area contributed by atoms with Gasteiger partial charge in [0.2, 0.25) is 10.1 Å². The summed E-state index contributed by atoms with van der Waals surface area (Å²) in [4.78, 5) is 11.3. The molecule has 19 heavy (non-hydrogen) atoms. The van der Waals surface area contributed by atoms with Crippen LogP contribution in [0.25, 0.3) is 0 Å². The van der Waals surface area contributed by atoms with E-state index in [-0.39, 0.29) is 23.1 Å². The maximum Gasteiger partial charge on any atom is 0.445 e. The number of carbonyl (C=O) groups is 1. The van der Waals surface area contributed by atoms with E-state index in [0.717, 1.165) is 0 Å². The Kier molecular flexibility index (Phi) is 3.93. The van der Waals surface area contributed by atoms with Gasteiger partial charge >= 0.3 is 12.1 Å². The molecule has 1 saturated carbocycles. The van der Waals surface area contributed by atoms with Crippen LogP contribution >= 0.6 is 11.3 Å². The van der Waals surface area contributed by atoms with Gasteiger partial charge in [-0.3, -0.25) is 4.79 Å². The van der Waals surface area contributed by atoms with Gasteiger partial charge < -0.3 is 10.1 Å². The lowest BCUT2D eigenvalue weighted by molar-refractivity contribution is -0.145. The number of carbonyl (C=O) groups excluding carboxylic acids is 1. The predicted molar refractivity (Wildman–Crippen MR) is 61.7 cm³/mol. The fourth-order valence-corrected chi connectivity index (χ4v) is 2.75. The van der Waals surface area contributed by atoms with Gasteiger partial charge in [-0.2, -0.15) is 13.2 Å². The number of anilines is 1. The van der Waals surface area contributed by atoms with Gasteiger partial charge in [-0.05, 0) is 19.3 Å². The number of rotatable bonds is 3. The monoisotopic (exact) mass is 295 g/mol. The zero-order chi connectivity index (χ0) is 14.0. The summed E-state index contributed by atoms with van der Waals surface area (Å²) >= 11 is 0.468. The Morgan fingerprint density at radius 2 is 2.16 bits per heavy atom. The Balaban J connectivity index is 1.92. The molecule has 0 saturated heterocycles. The highest BCUT2D eigenvalue weighted by atomic mass is 32.1. The molecule has 1 aromatic heterocycles. The minimum Gasteiger partial charge on any atom is -0.469 e. The van der Waals surface area contributed by atoms with E-state index in [0.29, 0.717) is 30.6 Å². The van der Waals surface area contributed by atoms with E-state index >= 15 is 0 Å². The second-order valence-electron chi connectivity index (χ2n) is 4.28. The number of ether oxygens (including phenoxy) is 1. The van der Waals surface area contributed by atoms with Crippen molar-refractivity contribution >= 4 is 22.4 Å². The van der Waals surface area contributed by atoms with Gasteiger partial charge in [-0.15, -0.1) is 10.2 Å². The SMILES string of the molecule is COC(=O)[C@H]1CC[C@@H](Nc2nnc(C(F)(F)F)s2)C1. The third kappa shape index (κ3) is 3.34. The quantitative estimate of drug-likeness (QED) is 0.867. The highest BCUT2D eigenvalue weighted by molar-refractivity contribution is 7.15. The number of halogens is 3. The van der Waals surface area contributed by atoms with Gasteiger partial charge in [0.15, 0.2) is 0 Å². The Bertz CT molecular complexity index is 463. The molecular weight excluding hydrogens is 283 g/mol. The summed E-state index contributed by atoms with van der Waals surface area (Å²) in [5.41, 5.74) is 0. The van der Waals surface area contributed by atoms with Gasteiger partial charge in [-0.1, -0.05) is 11.3 Å². The Morgan fingerprint density at radius 1 is 1.42 bits per heavy atom. The second kappa shape index (κ2) is 5.32. The third-order valence-electron chi connectivity index (χ3n) is 2.96. The molecule has 106 valence electrons. The van der Waals surface area contributed by atoms with E-state index in [1.165, 1.54) is 7.11 Å². The van der Waals surface area contributed by atoms with Gasteiger partial charge in [0.05, 0.1) is 13.0 Å². The standard InChI is InChI=1S/C10H12F3N3O2S/c1-18-7(17)5-2-3-6(4-5)14-9-16-15-8(19-9)10(11,12)13/h5-6H,2-4H2,1H3,(H,14,16)/t5-,6+/m0/s1. The molecule has 9 heteroatoms. The number of alkyl halides is 3. The van der Waals surface area contributed by atoms with E-state index < -0.39 is 11.2 Å². The number of aromatic nitrogens is 2. The molecular formula is C10H12F3N3O2S. The van der Waals surface area contributed by atoms with Gasteiger partial charge in [0, 0.05) is 6.04 Å². The van der Waals surface area contributed by atoms with Gasteiger partial charge in [0.25, 0.3) is 0 Å². The molecule has 1 aliphatic carbocycles. The number of esters is 1. The molecule has 0 radical (unpaired) electrons. The van der Waals surface area contributed by atoms with Gasteiger partial charge in [-0.25, -0.2) is 0 Å². The van der Waals surface area contributed by atoms with Crippen molar-refractivity contribution in [3.8, 4) is 0 Å². The summed E-state index contributed by atoms with van der Waals surface area (Å²) in [6.45, 7) is 0. The molecule has 1 aliphatic rings. The molecule has 0 aliphatic heterocycles. The van der Waals surface area contributed by atoms with Crippen LogP contribution in [0.3, 0.4) is 0 Å². The molecule has 0 spiro atoms. The van der Waals surface area contributed by atoms with Crippen molar-refractivity contribution in [1.82, 2.24) is 10.2 Å². The lowest BCUT2D eigenvalue weighted by atomic mass is 10.1. The Morgan fingerprint density at radius 3 is 2.74 bits per heavy atom. The van der Waals surface area contributed by atoms with Crippen LogP contribution in [-0.4, -0.2) is 29.3 Å². The molecule has 1 fully saturated rings. The fourth-order valence-electron chi connectivity index (χ4n) is 2.06. The number of hydrogen-bond acceptors (Lipinski definition) is 6. The van der Waals surface area contributed by atoms with E-state index in [9.17, 15) is 18.0 Å². The molecule has 5 nitrogen and oxygen atoms in total. The first-order valence-corrected chi connectivity index (χ1v) is 6.47. The largest absolute Gasteiger partial charge is 0.469 e. The van der Waals surface area contributed by atoms with Crippen LogP contribution in [0.1, 0.15) is 24.3 Å². The highest BCUT2D eigenvalue weighted by Gasteiger charge is 2.36. The summed E-state index contributed by atoms with van der Waals surface area (Å²) in [6, 6.07) is -0.0712. The maximum absolute atomic E-state index is 12.3. The predicted octanol–water partition coefficient (Wildman–Crippen LogP) is 2.31. The molecule has 0 amide bonds. The van der Waals surface area contributed by atoms with Crippen LogP contribution in [0.2, 0.25) is 0 Å². The first-order valence-electron chi connectivity index (χ1n) is 5.65. The van der Waals surface area contributed by atoms with E-state index in [1.807, 2.05) is 0 Å². The molecule has 1 N–H and O–H groups in total. The summed E-state index contributed by atoms with van der Waals surface area (Å²) < 4.78 is 41.7. The van der Waals surface area contributed by atoms with Crippen molar-refractivity contribution in [2.45, 2.75) is 31.5 Å². The van der Waals surface area contributed by atoms with Crippen molar-refractivity contribution < 1.29 is 22.7 Å². The highest BCUT2D eigenvalue weighted by Crippen LogP contribution is 2.35. The van der Waals surface area contributed by atoms with Crippen LogP contribution in [0, 0.1) is 5.92 Å². The zero-order valence-corrected chi connectivity index (χ0v) is 10.8. The van der Waals surface area contributed by atoms with Crippen molar-refractivity contribution in [3.63, 3.8) is 0 Å². The second-order valence-corrected chi connectivity index (χ2v) is 5.26. The van der Waals surface area contributed by atoms with Crippen molar-refractivity contribution in [1.29, 1.82) is 0 Å². The first-order chi connectivity index (χ1) is 8.90. The van der Waals surface area contributed by atoms with Crippen LogP contribution < -0.4 is 5.32 Å². The average Bonchev–Trinajstić information content (AvgIpc) is 2.97. The van der Waals surface area contributed by atoms with Gasteiger partial charge in [0.1, 0.15) is 0 Å². The molecule has 0 unspecified atom stereocenters. The maximum atomic E-state index is 12.3. The Labute approximate surface area is 111 Å². The van der Waals surface area contributed by atoms with Crippen molar-refractivity contribution in [2.75, 3.05) is 12.4 Å². The minimum atomic E-state index is -4.47. The van der Waals surface area contributed by atoms with E-state index in [1.54, 1.807) is 0 Å². The summed E-state index contributed by atoms with van der Waals surface area (Å²) in [6.07, 6.45) is -2.58. The summed E-state index contributed by atoms with van der Waals surface area (Å²) in [7, 11) is 1.32. The molecule has 1 heterocycles. The summed E-state index contributed by atoms with van der Waals surface area (Å²) in [5, 5.41) is 8.58. The van der Waals surface area contributed by atoms with Crippen LogP contribution in [0.15, 0.2) is 0 Å². The van der Waals surface area contributed by atoms with E-state index in [2.05, 4.69) is 20.3 Å². The third-order valence-corrected chi connectivity index (χ3v) is 3.86. The van der Waals surface area contributed by atoms with E-state index in [4.69, 9.17) is 0 Å². The molecule has 0 aromatic carbocycles. The number of nitrogens with one attached hydrogen (secondary N) is 1. The lowest BCUT2D eigenvalue weighted by Gasteiger charge is -2.10. The minimum absolute atomic E-state index is 0.0712. The van der Waals surface area contributed by atoms with Crippen LogP contribution in [0.5, 0.6) is 0 Å². The van der Waals surface area contributed by atoms with Crippen molar-refractivity contribution in [3.05, 3.63) is 5.01 Å². The lowest BCUT2D eigenvalue weighted by Crippen LogP contribution is -2.18. The Hall–Kier alpha value is -1.38. The smallest absolute Gasteiger partial charge is 0.445 e. The van der Waals surface area contributed by atoms with Crippen LogP contribution in [-0.2, 0) is 15.7 Å². The topological polar surface area (TPSA) is 64.1 Å². The number of nitrogens with zero attached hydrogens (tertiary/aromatic N) is 2. The molecule has 2 rings (SSSR count).